The highest BCUT2D eigenvalue weighted by Crippen LogP contribution is 2.19. The molecule has 0 unspecified atom stereocenters. The monoisotopic (exact) mass is 176 g/mol. The normalized spacial score (nSPS) is 9.40. The summed E-state index contributed by atoms with van der Waals surface area (Å²) in [6.45, 7) is 0. The van der Waals surface area contributed by atoms with E-state index >= 15 is 0 Å². The minimum absolute atomic E-state index is 0.367. The molecule has 0 radical (unpaired) electrons. The Balaban J connectivity index is 3.31. The number of rotatable bonds is 1. The first-order valence-electron chi connectivity index (χ1n) is 2.53. The fraction of sp³-hybridized carbons (Fsp3) is 0.200. The largest absolute Gasteiger partial charge is 0.491 e. The summed E-state index contributed by atoms with van der Waals surface area (Å²) in [4.78, 5) is 6.41. The average Bonchev–Trinajstić information content (AvgIpc) is 1.88. The van der Waals surface area contributed by atoms with Crippen LogP contribution >= 0.6 is 23.8 Å². The number of methoxy groups -OCH3 is 1. The van der Waals surface area contributed by atoms with E-state index in [4.69, 9.17) is 28.6 Å². The van der Waals surface area contributed by atoms with Gasteiger partial charge in [-0.3, -0.25) is 0 Å². The predicted octanol–water partition coefficient (Wildman–Crippen LogP) is 1.80. The quantitative estimate of drug-likeness (QED) is 0.524. The third kappa shape index (κ3) is 1.27. The Hall–Kier alpha value is -0.610. The highest BCUT2D eigenvalue weighted by Gasteiger charge is 2.00. The minimum Gasteiger partial charge on any atom is -0.491 e. The first-order chi connectivity index (χ1) is 4.75. The standard InChI is InChI=1S/C5H5ClN2OS/c1-9-3-4(6)7-2-8-5(3)10/h2H,1H3,(H,7,8,10). The number of hydrogen-bond donors (Lipinski definition) is 1. The van der Waals surface area contributed by atoms with Gasteiger partial charge >= 0.3 is 0 Å². The van der Waals surface area contributed by atoms with Gasteiger partial charge in [0, 0.05) is 0 Å². The van der Waals surface area contributed by atoms with Gasteiger partial charge in [0.05, 0.1) is 13.4 Å². The van der Waals surface area contributed by atoms with Crippen molar-refractivity contribution in [2.24, 2.45) is 0 Å². The maximum absolute atomic E-state index is 5.64. The van der Waals surface area contributed by atoms with Crippen LogP contribution in [-0.4, -0.2) is 17.1 Å². The summed E-state index contributed by atoms with van der Waals surface area (Å²) in [5.74, 6) is 0.416. The van der Waals surface area contributed by atoms with E-state index in [1.165, 1.54) is 13.4 Å². The third-order valence-electron chi connectivity index (χ3n) is 0.971. The molecule has 0 atom stereocenters. The van der Waals surface area contributed by atoms with Crippen molar-refractivity contribution in [2.75, 3.05) is 7.11 Å². The van der Waals surface area contributed by atoms with Crippen LogP contribution in [0.1, 0.15) is 0 Å². The van der Waals surface area contributed by atoms with Crippen molar-refractivity contribution in [3.8, 4) is 5.75 Å². The van der Waals surface area contributed by atoms with E-state index in [2.05, 4.69) is 9.97 Å². The number of aromatic amines is 1. The molecule has 0 aromatic carbocycles. The summed E-state index contributed by atoms with van der Waals surface area (Å²) in [7, 11) is 1.49. The van der Waals surface area contributed by atoms with E-state index < -0.39 is 0 Å². The zero-order chi connectivity index (χ0) is 7.56. The van der Waals surface area contributed by atoms with Crippen LogP contribution in [0.2, 0.25) is 5.15 Å². The van der Waals surface area contributed by atoms with Crippen LogP contribution < -0.4 is 4.74 Å². The molecule has 0 amide bonds. The van der Waals surface area contributed by atoms with Gasteiger partial charge in [0.1, 0.15) is 0 Å². The molecule has 0 aliphatic rings. The van der Waals surface area contributed by atoms with Gasteiger partial charge in [-0.15, -0.1) is 0 Å². The van der Waals surface area contributed by atoms with Gasteiger partial charge in [-0.2, -0.15) is 0 Å². The third-order valence-corrected chi connectivity index (χ3v) is 1.54. The molecule has 0 spiro atoms. The summed E-state index contributed by atoms with van der Waals surface area (Å²) >= 11 is 10.4. The molecule has 10 heavy (non-hydrogen) atoms. The predicted molar refractivity (Wildman–Crippen MR) is 41.0 cm³/mol. The van der Waals surface area contributed by atoms with Gasteiger partial charge in [-0.05, 0) is 0 Å². The lowest BCUT2D eigenvalue weighted by Gasteiger charge is -1.99. The van der Waals surface area contributed by atoms with E-state index in [0.29, 0.717) is 15.5 Å². The number of nitrogens with zero attached hydrogens (tertiary/aromatic N) is 1. The van der Waals surface area contributed by atoms with Crippen molar-refractivity contribution in [1.82, 2.24) is 9.97 Å². The number of nitrogens with one attached hydrogen (secondary N) is 1. The zero-order valence-corrected chi connectivity index (χ0v) is 6.79. The topological polar surface area (TPSA) is 37.9 Å². The number of ether oxygens (including phenoxy) is 1. The lowest BCUT2D eigenvalue weighted by molar-refractivity contribution is 0.409. The van der Waals surface area contributed by atoms with Crippen molar-refractivity contribution >= 4 is 23.8 Å². The molecule has 0 aliphatic carbocycles. The molecule has 5 heteroatoms. The molecule has 1 aromatic heterocycles. The lowest BCUT2D eigenvalue weighted by atomic mass is 10.6. The average molecular weight is 177 g/mol. The van der Waals surface area contributed by atoms with Crippen molar-refractivity contribution in [3.63, 3.8) is 0 Å². The summed E-state index contributed by atoms with van der Waals surface area (Å²) in [6.07, 6.45) is 1.42. The summed E-state index contributed by atoms with van der Waals surface area (Å²) in [6, 6.07) is 0. The Kier molecular flexibility index (Phi) is 2.24. The molecular formula is C5H5ClN2OS. The maximum atomic E-state index is 5.64. The fourth-order valence-electron chi connectivity index (χ4n) is 0.543. The van der Waals surface area contributed by atoms with Crippen LogP contribution in [0.3, 0.4) is 0 Å². The summed E-state index contributed by atoms with van der Waals surface area (Å²) < 4.78 is 5.21. The van der Waals surface area contributed by atoms with Gasteiger partial charge < -0.3 is 9.72 Å². The Bertz CT molecular complexity index is 285. The summed E-state index contributed by atoms with van der Waals surface area (Å²) in [5.41, 5.74) is 0. The second-order valence-electron chi connectivity index (χ2n) is 1.55. The van der Waals surface area contributed by atoms with E-state index in [-0.39, 0.29) is 0 Å². The van der Waals surface area contributed by atoms with Crippen molar-refractivity contribution in [3.05, 3.63) is 16.1 Å². The van der Waals surface area contributed by atoms with Crippen LogP contribution in [-0.2, 0) is 0 Å². The van der Waals surface area contributed by atoms with Crippen LogP contribution in [0.4, 0.5) is 0 Å². The molecule has 3 nitrogen and oxygen atoms in total. The van der Waals surface area contributed by atoms with E-state index in [9.17, 15) is 0 Å². The van der Waals surface area contributed by atoms with Crippen LogP contribution in [0.15, 0.2) is 6.33 Å². The Morgan fingerprint density at radius 1 is 1.80 bits per heavy atom. The number of halogens is 1. The molecule has 0 fully saturated rings. The highest BCUT2D eigenvalue weighted by atomic mass is 35.5. The van der Waals surface area contributed by atoms with Crippen LogP contribution in [0, 0.1) is 4.64 Å². The van der Waals surface area contributed by atoms with Gasteiger partial charge in [-0.25, -0.2) is 4.98 Å². The highest BCUT2D eigenvalue weighted by molar-refractivity contribution is 7.71. The fourth-order valence-corrected chi connectivity index (χ4v) is 1.05. The first kappa shape index (κ1) is 7.50. The van der Waals surface area contributed by atoms with E-state index in [1.807, 2.05) is 0 Å². The Morgan fingerprint density at radius 2 is 2.50 bits per heavy atom. The van der Waals surface area contributed by atoms with Crippen LogP contribution in [0.25, 0.3) is 0 Å². The second kappa shape index (κ2) is 2.98. The van der Waals surface area contributed by atoms with Gasteiger partial charge in [0.15, 0.2) is 15.5 Å². The van der Waals surface area contributed by atoms with Crippen LogP contribution in [0.5, 0.6) is 5.75 Å². The van der Waals surface area contributed by atoms with Gasteiger partial charge in [0.2, 0.25) is 0 Å². The van der Waals surface area contributed by atoms with E-state index in [1.54, 1.807) is 0 Å². The van der Waals surface area contributed by atoms with Crippen molar-refractivity contribution < 1.29 is 4.74 Å². The molecule has 1 aromatic rings. The van der Waals surface area contributed by atoms with Gasteiger partial charge in [0.25, 0.3) is 0 Å². The molecule has 0 aliphatic heterocycles. The van der Waals surface area contributed by atoms with Gasteiger partial charge in [-0.1, -0.05) is 23.8 Å². The molecule has 1 N–H and O–H groups in total. The van der Waals surface area contributed by atoms with Crippen molar-refractivity contribution in [1.29, 1.82) is 0 Å². The minimum atomic E-state index is 0.367. The molecule has 0 saturated carbocycles. The lowest BCUT2D eigenvalue weighted by Crippen LogP contribution is -1.89. The number of aromatic nitrogens is 2. The maximum Gasteiger partial charge on any atom is 0.191 e. The Morgan fingerprint density at radius 3 is 2.90 bits per heavy atom. The molecule has 1 heterocycles. The molecule has 1 rings (SSSR count). The molecular weight excluding hydrogens is 172 g/mol. The molecule has 0 saturated heterocycles. The first-order valence-corrected chi connectivity index (χ1v) is 3.31. The zero-order valence-electron chi connectivity index (χ0n) is 5.22. The second-order valence-corrected chi connectivity index (χ2v) is 2.32. The SMILES string of the molecule is COc1c(Cl)[nH]cnc1=S. The molecule has 0 bridgehead atoms. The van der Waals surface area contributed by atoms with Crippen molar-refractivity contribution in [2.45, 2.75) is 0 Å². The number of hydrogen-bond acceptors (Lipinski definition) is 3. The molecule has 54 valence electrons. The Labute approximate surface area is 68.0 Å². The smallest absolute Gasteiger partial charge is 0.191 e. The summed E-state index contributed by atoms with van der Waals surface area (Å²) in [5, 5.41) is 0.377. The number of H-pyrrole nitrogens is 1. The van der Waals surface area contributed by atoms with E-state index in [0.717, 1.165) is 0 Å².